The van der Waals surface area contributed by atoms with Gasteiger partial charge in [0.25, 0.3) is 0 Å². The summed E-state index contributed by atoms with van der Waals surface area (Å²) in [5, 5.41) is 5.35. The number of anilines is 1. The Kier molecular flexibility index (Phi) is 3.58. The second kappa shape index (κ2) is 5.35. The van der Waals surface area contributed by atoms with Gasteiger partial charge in [0.05, 0.1) is 16.2 Å². The maximum Gasteiger partial charge on any atom is 0.0950 e. The van der Waals surface area contributed by atoms with E-state index in [2.05, 4.69) is 28.2 Å². The van der Waals surface area contributed by atoms with Crippen LogP contribution in [0.2, 0.25) is 5.02 Å². The van der Waals surface area contributed by atoms with E-state index in [9.17, 15) is 0 Å². The fraction of sp³-hybridized carbons (Fsp3) is 0.400. The quantitative estimate of drug-likeness (QED) is 0.913. The van der Waals surface area contributed by atoms with E-state index in [4.69, 9.17) is 11.6 Å². The third-order valence-electron chi connectivity index (χ3n) is 3.78. The molecule has 1 saturated heterocycles. The van der Waals surface area contributed by atoms with Crippen molar-refractivity contribution in [1.82, 2.24) is 10.3 Å². The summed E-state index contributed by atoms with van der Waals surface area (Å²) in [7, 11) is 0. The Morgan fingerprint density at radius 2 is 2.32 bits per heavy atom. The van der Waals surface area contributed by atoms with Crippen molar-refractivity contribution in [3.63, 3.8) is 0 Å². The molecule has 0 aliphatic carbocycles. The Bertz CT molecular complexity index is 585. The predicted octanol–water partition coefficient (Wildman–Crippen LogP) is 3.08. The van der Waals surface area contributed by atoms with Crippen LogP contribution in [0.1, 0.15) is 13.3 Å². The van der Waals surface area contributed by atoms with Gasteiger partial charge in [-0.15, -0.1) is 0 Å². The highest BCUT2D eigenvalue weighted by Gasteiger charge is 2.20. The molecule has 1 aromatic carbocycles. The molecular formula is C15H18ClN3. The van der Waals surface area contributed by atoms with Crippen LogP contribution in [0.3, 0.4) is 0 Å². The molecule has 1 fully saturated rings. The average molecular weight is 276 g/mol. The van der Waals surface area contributed by atoms with Gasteiger partial charge in [0, 0.05) is 37.3 Å². The summed E-state index contributed by atoms with van der Waals surface area (Å²) in [5.74, 6) is 0. The first kappa shape index (κ1) is 12.7. The summed E-state index contributed by atoms with van der Waals surface area (Å²) < 4.78 is 0. The van der Waals surface area contributed by atoms with Gasteiger partial charge in [-0.25, -0.2) is 0 Å². The van der Waals surface area contributed by atoms with E-state index < -0.39 is 0 Å². The van der Waals surface area contributed by atoms with Gasteiger partial charge in [-0.1, -0.05) is 18.5 Å². The van der Waals surface area contributed by atoms with Crippen molar-refractivity contribution < 1.29 is 0 Å². The number of aromatic nitrogens is 1. The van der Waals surface area contributed by atoms with Gasteiger partial charge < -0.3 is 10.2 Å². The van der Waals surface area contributed by atoms with Gasteiger partial charge in [-0.05, 0) is 30.7 Å². The number of halogens is 1. The van der Waals surface area contributed by atoms with Crippen LogP contribution in [0.4, 0.5) is 5.69 Å². The van der Waals surface area contributed by atoms with Crippen LogP contribution in [0.5, 0.6) is 0 Å². The lowest BCUT2D eigenvalue weighted by Gasteiger charge is -2.35. The molecule has 1 aliphatic heterocycles. The van der Waals surface area contributed by atoms with E-state index in [0.717, 1.165) is 42.0 Å². The molecule has 3 nitrogen and oxygen atoms in total. The summed E-state index contributed by atoms with van der Waals surface area (Å²) in [6.45, 7) is 5.29. The SMILES string of the molecule is CCC1CN(c2ccc(Cl)c3cccnc23)CCN1. The third-order valence-corrected chi connectivity index (χ3v) is 4.11. The molecule has 1 N–H and O–H groups in total. The van der Waals surface area contributed by atoms with Gasteiger partial charge in [0.2, 0.25) is 0 Å². The maximum absolute atomic E-state index is 6.25. The van der Waals surface area contributed by atoms with Crippen molar-refractivity contribution >= 4 is 28.2 Å². The molecule has 19 heavy (non-hydrogen) atoms. The number of benzene rings is 1. The molecule has 1 atom stereocenters. The first-order chi connectivity index (χ1) is 9.29. The van der Waals surface area contributed by atoms with Gasteiger partial charge in [0.15, 0.2) is 0 Å². The number of hydrogen-bond donors (Lipinski definition) is 1. The summed E-state index contributed by atoms with van der Waals surface area (Å²) >= 11 is 6.25. The van der Waals surface area contributed by atoms with Crippen molar-refractivity contribution in [1.29, 1.82) is 0 Å². The second-order valence-corrected chi connectivity index (χ2v) is 5.38. The molecule has 0 spiro atoms. The highest BCUT2D eigenvalue weighted by Crippen LogP contribution is 2.31. The highest BCUT2D eigenvalue weighted by atomic mass is 35.5. The topological polar surface area (TPSA) is 28.2 Å². The number of fused-ring (bicyclic) bond motifs is 1. The van der Waals surface area contributed by atoms with Crippen LogP contribution in [0, 0.1) is 0 Å². The van der Waals surface area contributed by atoms with E-state index in [-0.39, 0.29) is 0 Å². The van der Waals surface area contributed by atoms with Gasteiger partial charge in [-0.2, -0.15) is 0 Å². The van der Waals surface area contributed by atoms with Crippen molar-refractivity contribution in [3.05, 3.63) is 35.5 Å². The molecule has 0 saturated carbocycles. The zero-order chi connectivity index (χ0) is 13.2. The zero-order valence-corrected chi connectivity index (χ0v) is 11.8. The van der Waals surface area contributed by atoms with Crippen LogP contribution in [0.15, 0.2) is 30.5 Å². The minimum absolute atomic E-state index is 0.559. The molecule has 3 rings (SSSR count). The van der Waals surface area contributed by atoms with Crippen LogP contribution in [-0.4, -0.2) is 30.7 Å². The number of nitrogens with zero attached hydrogens (tertiary/aromatic N) is 2. The van der Waals surface area contributed by atoms with Crippen LogP contribution >= 0.6 is 11.6 Å². The Morgan fingerprint density at radius 1 is 1.42 bits per heavy atom. The number of nitrogens with one attached hydrogen (secondary N) is 1. The molecule has 1 aromatic heterocycles. The fourth-order valence-corrected chi connectivity index (χ4v) is 2.91. The second-order valence-electron chi connectivity index (χ2n) is 4.97. The molecule has 1 aliphatic rings. The van der Waals surface area contributed by atoms with E-state index in [1.54, 1.807) is 0 Å². The standard InChI is InChI=1S/C15H18ClN3/c1-2-11-10-19(9-8-17-11)14-6-5-13(16)12-4-3-7-18-15(12)14/h3-7,11,17H,2,8-10H2,1H3. The summed E-state index contributed by atoms with van der Waals surface area (Å²) in [6, 6.07) is 8.60. The molecule has 0 bridgehead atoms. The smallest absolute Gasteiger partial charge is 0.0950 e. The molecule has 2 heterocycles. The molecule has 4 heteroatoms. The summed E-state index contributed by atoms with van der Waals surface area (Å²) in [5.41, 5.74) is 2.20. The fourth-order valence-electron chi connectivity index (χ4n) is 2.70. The van der Waals surface area contributed by atoms with E-state index >= 15 is 0 Å². The Hall–Kier alpha value is -1.32. The first-order valence-corrected chi connectivity index (χ1v) is 7.19. The average Bonchev–Trinajstić information content (AvgIpc) is 2.48. The maximum atomic E-state index is 6.25. The lowest BCUT2D eigenvalue weighted by Crippen LogP contribution is -2.50. The lowest BCUT2D eigenvalue weighted by atomic mass is 10.1. The monoisotopic (exact) mass is 275 g/mol. The molecule has 0 radical (unpaired) electrons. The van der Waals surface area contributed by atoms with Crippen molar-refractivity contribution in [2.24, 2.45) is 0 Å². The zero-order valence-electron chi connectivity index (χ0n) is 11.1. The molecular weight excluding hydrogens is 258 g/mol. The third kappa shape index (κ3) is 2.40. The van der Waals surface area contributed by atoms with Crippen LogP contribution < -0.4 is 10.2 Å². The highest BCUT2D eigenvalue weighted by molar-refractivity contribution is 6.35. The molecule has 2 aromatic rings. The summed E-state index contributed by atoms with van der Waals surface area (Å²) in [4.78, 5) is 6.93. The Labute approximate surface area is 118 Å². The minimum atomic E-state index is 0.559. The normalized spacial score (nSPS) is 19.9. The van der Waals surface area contributed by atoms with Gasteiger partial charge >= 0.3 is 0 Å². The minimum Gasteiger partial charge on any atom is -0.367 e. The van der Waals surface area contributed by atoms with Gasteiger partial charge in [-0.3, -0.25) is 4.98 Å². The predicted molar refractivity (Wildman–Crippen MR) is 81.0 cm³/mol. The van der Waals surface area contributed by atoms with Crippen molar-refractivity contribution in [2.75, 3.05) is 24.5 Å². The van der Waals surface area contributed by atoms with E-state index in [0.29, 0.717) is 6.04 Å². The first-order valence-electron chi connectivity index (χ1n) is 6.81. The van der Waals surface area contributed by atoms with Gasteiger partial charge in [0.1, 0.15) is 0 Å². The van der Waals surface area contributed by atoms with E-state index in [1.807, 2.05) is 24.4 Å². The number of hydrogen-bond acceptors (Lipinski definition) is 3. The number of pyridine rings is 1. The number of rotatable bonds is 2. The summed E-state index contributed by atoms with van der Waals surface area (Å²) in [6.07, 6.45) is 2.98. The van der Waals surface area contributed by atoms with Crippen molar-refractivity contribution in [3.8, 4) is 0 Å². The van der Waals surface area contributed by atoms with Crippen molar-refractivity contribution in [2.45, 2.75) is 19.4 Å². The molecule has 0 amide bonds. The Balaban J connectivity index is 2.03. The van der Waals surface area contributed by atoms with Crippen LogP contribution in [0.25, 0.3) is 10.9 Å². The Morgan fingerprint density at radius 3 is 3.16 bits per heavy atom. The van der Waals surface area contributed by atoms with Crippen LogP contribution in [-0.2, 0) is 0 Å². The molecule has 100 valence electrons. The number of piperazine rings is 1. The molecule has 1 unspecified atom stereocenters. The largest absolute Gasteiger partial charge is 0.367 e. The van der Waals surface area contributed by atoms with E-state index in [1.165, 1.54) is 5.69 Å². The lowest BCUT2D eigenvalue weighted by molar-refractivity contribution is 0.447.